The van der Waals surface area contributed by atoms with Gasteiger partial charge in [0.1, 0.15) is 17.5 Å². The van der Waals surface area contributed by atoms with Crippen molar-refractivity contribution in [2.24, 2.45) is 0 Å². The molecule has 0 saturated carbocycles. The highest BCUT2D eigenvalue weighted by molar-refractivity contribution is 9.10. The van der Waals surface area contributed by atoms with E-state index in [9.17, 15) is 4.39 Å². The number of nitrogens with one attached hydrogen (secondary N) is 1. The molecular formula is C13H12BrClFN3. The number of anilines is 1. The molecule has 0 fully saturated rings. The molecule has 2 aromatic rings. The Kier molecular flexibility index (Phi) is 4.37. The minimum Gasteiger partial charge on any atom is -0.372 e. The fraction of sp³-hybridized carbons (Fsp3) is 0.231. The molecule has 0 aliphatic rings. The Labute approximate surface area is 124 Å². The number of aryl methyl sites for hydroxylation is 1. The summed E-state index contributed by atoms with van der Waals surface area (Å²) < 4.78 is 14.6. The van der Waals surface area contributed by atoms with E-state index in [1.165, 1.54) is 6.07 Å². The van der Waals surface area contributed by atoms with Crippen LogP contribution in [0.25, 0.3) is 0 Å². The maximum absolute atomic E-state index is 13.8. The number of nitrogens with zero attached hydrogens (tertiary/aromatic N) is 2. The van der Waals surface area contributed by atoms with Gasteiger partial charge in [0.05, 0.1) is 15.2 Å². The van der Waals surface area contributed by atoms with Crippen LogP contribution in [-0.4, -0.2) is 17.0 Å². The van der Waals surface area contributed by atoms with E-state index in [0.717, 1.165) is 10.2 Å². The van der Waals surface area contributed by atoms with Crippen molar-refractivity contribution in [2.75, 3.05) is 12.4 Å². The molecule has 6 heteroatoms. The third-order valence-electron chi connectivity index (χ3n) is 2.68. The fourth-order valence-electron chi connectivity index (χ4n) is 1.72. The summed E-state index contributed by atoms with van der Waals surface area (Å²) in [5, 5.41) is 3.08. The van der Waals surface area contributed by atoms with Crippen LogP contribution in [-0.2, 0) is 6.42 Å². The van der Waals surface area contributed by atoms with Crippen LogP contribution >= 0.6 is 27.5 Å². The number of hydrogen-bond donors (Lipinski definition) is 1. The lowest BCUT2D eigenvalue weighted by Crippen LogP contribution is -2.05. The number of aromatic nitrogens is 2. The number of halogens is 3. The van der Waals surface area contributed by atoms with Gasteiger partial charge in [0.15, 0.2) is 0 Å². The van der Waals surface area contributed by atoms with Crippen molar-refractivity contribution in [1.29, 1.82) is 0 Å². The molecule has 0 unspecified atom stereocenters. The van der Waals surface area contributed by atoms with E-state index in [-0.39, 0.29) is 5.02 Å². The maximum atomic E-state index is 13.8. The summed E-state index contributed by atoms with van der Waals surface area (Å²) in [5.74, 6) is 0.815. The van der Waals surface area contributed by atoms with Gasteiger partial charge in [0.25, 0.3) is 0 Å². The van der Waals surface area contributed by atoms with Gasteiger partial charge in [-0.3, -0.25) is 0 Å². The molecule has 3 nitrogen and oxygen atoms in total. The van der Waals surface area contributed by atoms with Gasteiger partial charge in [-0.05, 0) is 34.5 Å². The standard InChI is InChI=1S/C13H12BrClFN3/c1-7-11(14)13(17-2)19-10(18-7)6-8-4-3-5-9(15)12(8)16/h3-5H,6H2,1-2H3,(H,17,18,19). The van der Waals surface area contributed by atoms with Crippen LogP contribution in [0.5, 0.6) is 0 Å². The van der Waals surface area contributed by atoms with E-state index < -0.39 is 5.82 Å². The van der Waals surface area contributed by atoms with Crippen LogP contribution < -0.4 is 5.32 Å². The molecule has 2 rings (SSSR count). The second kappa shape index (κ2) is 5.84. The van der Waals surface area contributed by atoms with Crippen molar-refractivity contribution in [2.45, 2.75) is 13.3 Å². The summed E-state index contributed by atoms with van der Waals surface area (Å²) in [7, 11) is 1.77. The summed E-state index contributed by atoms with van der Waals surface area (Å²) in [6.45, 7) is 1.87. The van der Waals surface area contributed by atoms with Crippen LogP contribution in [0.1, 0.15) is 17.1 Å². The molecule has 0 bridgehead atoms. The summed E-state index contributed by atoms with van der Waals surface area (Å²) in [4.78, 5) is 8.68. The molecule has 1 heterocycles. The van der Waals surface area contributed by atoms with E-state index >= 15 is 0 Å². The molecule has 19 heavy (non-hydrogen) atoms. The highest BCUT2D eigenvalue weighted by Crippen LogP contribution is 2.24. The molecule has 1 aromatic carbocycles. The van der Waals surface area contributed by atoms with E-state index in [1.54, 1.807) is 19.2 Å². The van der Waals surface area contributed by atoms with Gasteiger partial charge in [-0.15, -0.1) is 0 Å². The van der Waals surface area contributed by atoms with Crippen LogP contribution in [0.2, 0.25) is 5.02 Å². The first-order valence-corrected chi connectivity index (χ1v) is 6.83. The molecule has 1 N–H and O–H groups in total. The van der Waals surface area contributed by atoms with Crippen LogP contribution in [0.4, 0.5) is 10.2 Å². The minimum absolute atomic E-state index is 0.111. The van der Waals surface area contributed by atoms with Crippen LogP contribution in [0.3, 0.4) is 0 Å². The highest BCUT2D eigenvalue weighted by atomic mass is 79.9. The molecule has 0 atom stereocenters. The molecule has 0 saturated heterocycles. The lowest BCUT2D eigenvalue weighted by molar-refractivity contribution is 0.612. The molecular weight excluding hydrogens is 333 g/mol. The average Bonchev–Trinajstić information content (AvgIpc) is 2.39. The second-order valence-corrected chi connectivity index (χ2v) is 5.23. The highest BCUT2D eigenvalue weighted by Gasteiger charge is 2.12. The summed E-state index contributed by atoms with van der Waals surface area (Å²) in [6, 6.07) is 4.92. The Hall–Kier alpha value is -1.20. The summed E-state index contributed by atoms with van der Waals surface area (Å²) >= 11 is 9.16. The minimum atomic E-state index is -0.417. The van der Waals surface area contributed by atoms with Gasteiger partial charge in [-0.1, -0.05) is 23.7 Å². The van der Waals surface area contributed by atoms with Crippen molar-refractivity contribution in [3.63, 3.8) is 0 Å². The monoisotopic (exact) mass is 343 g/mol. The largest absolute Gasteiger partial charge is 0.372 e. The smallest absolute Gasteiger partial charge is 0.145 e. The lowest BCUT2D eigenvalue weighted by Gasteiger charge is -2.09. The van der Waals surface area contributed by atoms with E-state index in [0.29, 0.717) is 23.6 Å². The summed E-state index contributed by atoms with van der Waals surface area (Å²) in [5.41, 5.74) is 1.29. The quantitative estimate of drug-likeness (QED) is 0.915. The fourth-order valence-corrected chi connectivity index (χ4v) is 2.29. The van der Waals surface area contributed by atoms with Crippen molar-refractivity contribution < 1.29 is 4.39 Å². The molecule has 0 aliphatic carbocycles. The van der Waals surface area contributed by atoms with Gasteiger partial charge in [-0.25, -0.2) is 14.4 Å². The Balaban J connectivity index is 2.38. The zero-order valence-corrected chi connectivity index (χ0v) is 12.8. The third-order valence-corrected chi connectivity index (χ3v) is 3.92. The first-order valence-electron chi connectivity index (χ1n) is 5.66. The molecule has 0 amide bonds. The van der Waals surface area contributed by atoms with E-state index in [1.807, 2.05) is 6.92 Å². The molecule has 1 aromatic heterocycles. The first-order chi connectivity index (χ1) is 9.02. The van der Waals surface area contributed by atoms with Gasteiger partial charge >= 0.3 is 0 Å². The second-order valence-electron chi connectivity index (χ2n) is 4.03. The average molecular weight is 345 g/mol. The topological polar surface area (TPSA) is 37.8 Å². The number of rotatable bonds is 3. The van der Waals surface area contributed by atoms with E-state index in [4.69, 9.17) is 11.6 Å². The summed E-state index contributed by atoms with van der Waals surface area (Å²) in [6.07, 6.45) is 0.301. The molecule has 0 aliphatic heterocycles. The zero-order valence-electron chi connectivity index (χ0n) is 10.5. The van der Waals surface area contributed by atoms with Crippen LogP contribution in [0, 0.1) is 12.7 Å². The van der Waals surface area contributed by atoms with Gasteiger partial charge in [0, 0.05) is 13.5 Å². The van der Waals surface area contributed by atoms with Gasteiger partial charge in [0.2, 0.25) is 0 Å². The van der Waals surface area contributed by atoms with Crippen molar-refractivity contribution in [3.8, 4) is 0 Å². The third kappa shape index (κ3) is 3.04. The SMILES string of the molecule is CNc1nc(Cc2cccc(Cl)c2F)nc(C)c1Br. The Morgan fingerprint density at radius 1 is 1.37 bits per heavy atom. The lowest BCUT2D eigenvalue weighted by atomic mass is 10.1. The number of hydrogen-bond acceptors (Lipinski definition) is 3. The zero-order chi connectivity index (χ0) is 14.0. The first kappa shape index (κ1) is 14.2. The predicted octanol–water partition coefficient (Wildman–Crippen LogP) is 3.97. The predicted molar refractivity (Wildman–Crippen MR) is 78.2 cm³/mol. The van der Waals surface area contributed by atoms with Crippen molar-refractivity contribution >= 4 is 33.3 Å². The van der Waals surface area contributed by atoms with Crippen molar-refractivity contribution in [1.82, 2.24) is 9.97 Å². The van der Waals surface area contributed by atoms with Crippen LogP contribution in [0.15, 0.2) is 22.7 Å². The Bertz CT molecular complexity index is 619. The number of benzene rings is 1. The van der Waals surface area contributed by atoms with Gasteiger partial charge in [-0.2, -0.15) is 0 Å². The molecule has 0 radical (unpaired) electrons. The molecule has 100 valence electrons. The van der Waals surface area contributed by atoms with Crippen molar-refractivity contribution in [3.05, 3.63) is 50.6 Å². The molecule has 0 spiro atoms. The maximum Gasteiger partial charge on any atom is 0.145 e. The normalized spacial score (nSPS) is 10.6. The van der Waals surface area contributed by atoms with E-state index in [2.05, 4.69) is 31.2 Å². The Morgan fingerprint density at radius 2 is 2.11 bits per heavy atom. The Morgan fingerprint density at radius 3 is 2.79 bits per heavy atom. The van der Waals surface area contributed by atoms with Gasteiger partial charge < -0.3 is 5.32 Å².